The second kappa shape index (κ2) is 6.41. The molecule has 0 fully saturated rings. The first-order valence-electron chi connectivity index (χ1n) is 6.69. The van der Waals surface area contributed by atoms with Crippen molar-refractivity contribution in [1.82, 2.24) is 21.0 Å². The summed E-state index contributed by atoms with van der Waals surface area (Å²) in [6.07, 6.45) is 1.45. The number of hydrogen-bond acceptors (Lipinski definition) is 6. The van der Waals surface area contributed by atoms with Crippen molar-refractivity contribution in [2.75, 3.05) is 0 Å². The molecular formula is C15H12N4O3S. The molecular weight excluding hydrogens is 316 g/mol. The first-order valence-corrected chi connectivity index (χ1v) is 7.50. The summed E-state index contributed by atoms with van der Waals surface area (Å²) in [4.78, 5) is 28.2. The van der Waals surface area contributed by atoms with E-state index >= 15 is 0 Å². The molecule has 0 spiro atoms. The molecule has 3 rings (SSSR count). The third kappa shape index (κ3) is 3.43. The summed E-state index contributed by atoms with van der Waals surface area (Å²) in [5.74, 6) is -0.526. The normalized spacial score (nSPS) is 10.3. The number of thiazole rings is 1. The van der Waals surface area contributed by atoms with Crippen LogP contribution in [0.5, 0.6) is 0 Å². The largest absolute Gasteiger partial charge is 0.355 e. The van der Waals surface area contributed by atoms with E-state index < -0.39 is 11.8 Å². The molecule has 0 aliphatic heterocycles. The summed E-state index contributed by atoms with van der Waals surface area (Å²) < 4.78 is 5.14. The van der Waals surface area contributed by atoms with Gasteiger partial charge in [0.25, 0.3) is 11.8 Å². The Balaban J connectivity index is 1.63. The molecule has 23 heavy (non-hydrogen) atoms. The van der Waals surface area contributed by atoms with Crippen molar-refractivity contribution in [3.63, 3.8) is 0 Å². The number of hydrazine groups is 1. The molecule has 2 heterocycles. The molecule has 0 aliphatic rings. The van der Waals surface area contributed by atoms with Crippen LogP contribution < -0.4 is 10.9 Å². The van der Waals surface area contributed by atoms with Gasteiger partial charge in [0.1, 0.15) is 4.88 Å². The summed E-state index contributed by atoms with van der Waals surface area (Å²) in [6, 6.07) is 10.8. The molecule has 0 saturated heterocycles. The number of carbonyl (C=O) groups excluding carboxylic acids is 2. The molecule has 116 valence electrons. The van der Waals surface area contributed by atoms with Crippen LogP contribution >= 0.6 is 11.3 Å². The first kappa shape index (κ1) is 14.9. The van der Waals surface area contributed by atoms with E-state index in [0.717, 1.165) is 10.6 Å². The third-order valence-corrected chi connectivity index (χ3v) is 3.85. The van der Waals surface area contributed by atoms with Crippen molar-refractivity contribution in [1.29, 1.82) is 0 Å². The van der Waals surface area contributed by atoms with E-state index in [9.17, 15) is 9.59 Å². The van der Waals surface area contributed by atoms with Crippen LogP contribution in [-0.2, 0) is 0 Å². The van der Waals surface area contributed by atoms with Gasteiger partial charge in [-0.2, -0.15) is 0 Å². The number of amides is 2. The second-order valence-corrected chi connectivity index (χ2v) is 5.83. The minimum Gasteiger partial charge on any atom is -0.355 e. The van der Waals surface area contributed by atoms with Gasteiger partial charge >= 0.3 is 0 Å². The topological polar surface area (TPSA) is 97.1 Å². The lowest BCUT2D eigenvalue weighted by atomic mass is 10.1. The first-order chi connectivity index (χ1) is 11.1. The second-order valence-electron chi connectivity index (χ2n) is 4.59. The quantitative estimate of drug-likeness (QED) is 0.718. The van der Waals surface area contributed by atoms with Crippen LogP contribution in [-0.4, -0.2) is 22.0 Å². The SMILES string of the molecule is Cc1ncc(C(=O)NNC(=O)c2cc(-c3ccccc3)on2)s1. The molecule has 8 heteroatoms. The molecule has 7 nitrogen and oxygen atoms in total. The number of benzene rings is 1. The van der Waals surface area contributed by atoms with Crippen LogP contribution in [0.2, 0.25) is 0 Å². The van der Waals surface area contributed by atoms with Gasteiger partial charge in [0.2, 0.25) is 0 Å². The van der Waals surface area contributed by atoms with Crippen LogP contribution in [0.1, 0.15) is 25.2 Å². The number of carbonyl (C=O) groups is 2. The van der Waals surface area contributed by atoms with Gasteiger partial charge in [-0.1, -0.05) is 35.5 Å². The highest BCUT2D eigenvalue weighted by atomic mass is 32.1. The Labute approximate surface area is 135 Å². The molecule has 0 atom stereocenters. The number of aryl methyl sites for hydroxylation is 1. The monoisotopic (exact) mass is 328 g/mol. The molecule has 2 aromatic heterocycles. The Bertz CT molecular complexity index is 841. The zero-order chi connectivity index (χ0) is 16.2. The highest BCUT2D eigenvalue weighted by Crippen LogP contribution is 2.19. The van der Waals surface area contributed by atoms with Crippen molar-refractivity contribution >= 4 is 23.2 Å². The van der Waals surface area contributed by atoms with E-state index in [-0.39, 0.29) is 5.69 Å². The fraction of sp³-hybridized carbons (Fsp3) is 0.0667. The Morgan fingerprint density at radius 1 is 1.13 bits per heavy atom. The molecule has 2 N–H and O–H groups in total. The van der Waals surface area contributed by atoms with Gasteiger partial charge in [0.15, 0.2) is 11.5 Å². The summed E-state index contributed by atoms with van der Waals surface area (Å²) in [6.45, 7) is 1.79. The maximum Gasteiger partial charge on any atom is 0.291 e. The van der Waals surface area contributed by atoms with Crippen molar-refractivity contribution in [3.8, 4) is 11.3 Å². The third-order valence-electron chi connectivity index (χ3n) is 2.94. The van der Waals surface area contributed by atoms with Gasteiger partial charge in [-0.05, 0) is 6.92 Å². The van der Waals surface area contributed by atoms with E-state index in [1.165, 1.54) is 23.6 Å². The fourth-order valence-corrected chi connectivity index (χ4v) is 2.50. The molecule has 2 amide bonds. The van der Waals surface area contributed by atoms with Gasteiger partial charge in [0.05, 0.1) is 11.2 Å². The minimum absolute atomic E-state index is 0.0737. The Hall–Kier alpha value is -3.00. The smallest absolute Gasteiger partial charge is 0.291 e. The molecule has 0 bridgehead atoms. The number of nitrogens with one attached hydrogen (secondary N) is 2. The average Bonchev–Trinajstić information content (AvgIpc) is 3.22. The lowest BCUT2D eigenvalue weighted by Crippen LogP contribution is -2.41. The molecule has 1 aromatic carbocycles. The fourth-order valence-electron chi connectivity index (χ4n) is 1.83. The van der Waals surface area contributed by atoms with Crippen molar-refractivity contribution < 1.29 is 14.1 Å². The van der Waals surface area contributed by atoms with Gasteiger partial charge in [-0.25, -0.2) is 4.98 Å². The van der Waals surface area contributed by atoms with Crippen molar-refractivity contribution in [3.05, 3.63) is 58.2 Å². The van der Waals surface area contributed by atoms with Crippen LogP contribution in [0.3, 0.4) is 0 Å². The van der Waals surface area contributed by atoms with E-state index in [0.29, 0.717) is 10.6 Å². The zero-order valence-corrected chi connectivity index (χ0v) is 12.9. The maximum atomic E-state index is 12.0. The molecule has 0 radical (unpaired) electrons. The van der Waals surface area contributed by atoms with Gasteiger partial charge < -0.3 is 4.52 Å². The van der Waals surface area contributed by atoms with Gasteiger partial charge in [0, 0.05) is 11.6 Å². The minimum atomic E-state index is -0.564. The van der Waals surface area contributed by atoms with E-state index in [1.807, 2.05) is 30.3 Å². The highest BCUT2D eigenvalue weighted by Gasteiger charge is 2.15. The lowest BCUT2D eigenvalue weighted by molar-refractivity contribution is 0.0843. The number of rotatable bonds is 3. The number of hydrogen-bond donors (Lipinski definition) is 2. The Morgan fingerprint density at radius 2 is 1.87 bits per heavy atom. The van der Waals surface area contributed by atoms with Crippen LogP contribution in [0.25, 0.3) is 11.3 Å². The molecule has 3 aromatic rings. The number of aromatic nitrogens is 2. The number of nitrogens with zero attached hydrogens (tertiary/aromatic N) is 2. The predicted molar refractivity (Wildman–Crippen MR) is 83.7 cm³/mol. The van der Waals surface area contributed by atoms with Crippen molar-refractivity contribution in [2.45, 2.75) is 6.92 Å². The van der Waals surface area contributed by atoms with Crippen LogP contribution in [0, 0.1) is 6.92 Å². The lowest BCUT2D eigenvalue weighted by Gasteiger charge is -2.03. The Kier molecular flexibility index (Phi) is 4.15. The Morgan fingerprint density at radius 3 is 2.57 bits per heavy atom. The molecule has 0 unspecified atom stereocenters. The summed E-state index contributed by atoms with van der Waals surface area (Å²) in [5.41, 5.74) is 5.48. The van der Waals surface area contributed by atoms with Crippen LogP contribution in [0.4, 0.5) is 0 Å². The molecule has 0 saturated carbocycles. The standard InChI is InChI=1S/C15H12N4O3S/c1-9-16-8-13(23-9)15(21)18-17-14(20)11-7-12(22-19-11)10-5-3-2-4-6-10/h2-8H,1H3,(H,17,20)(H,18,21). The maximum absolute atomic E-state index is 12.0. The zero-order valence-electron chi connectivity index (χ0n) is 12.1. The van der Waals surface area contributed by atoms with Crippen molar-refractivity contribution in [2.24, 2.45) is 0 Å². The van der Waals surface area contributed by atoms with Gasteiger partial charge in [-0.3, -0.25) is 20.4 Å². The van der Waals surface area contributed by atoms with Crippen LogP contribution in [0.15, 0.2) is 47.1 Å². The van der Waals surface area contributed by atoms with E-state index in [4.69, 9.17) is 4.52 Å². The van der Waals surface area contributed by atoms with Gasteiger partial charge in [-0.15, -0.1) is 11.3 Å². The van der Waals surface area contributed by atoms with E-state index in [1.54, 1.807) is 6.92 Å². The highest BCUT2D eigenvalue weighted by molar-refractivity contribution is 7.13. The summed E-state index contributed by atoms with van der Waals surface area (Å²) in [5, 5.41) is 4.47. The molecule has 0 aliphatic carbocycles. The summed E-state index contributed by atoms with van der Waals surface area (Å²) >= 11 is 1.24. The van der Waals surface area contributed by atoms with E-state index in [2.05, 4.69) is 21.0 Å². The average molecular weight is 328 g/mol. The summed E-state index contributed by atoms with van der Waals surface area (Å²) in [7, 11) is 0. The predicted octanol–water partition coefficient (Wildman–Crippen LogP) is 2.18.